The average molecular weight is 300 g/mol. The SMILES string of the molecule is CC(C)NCCCCC(NC(C)(C)C)C(=O)NC(C)(C)C. The Labute approximate surface area is 131 Å². The molecule has 3 N–H and O–H groups in total. The van der Waals surface area contributed by atoms with E-state index in [0.717, 1.165) is 25.8 Å². The van der Waals surface area contributed by atoms with E-state index in [1.54, 1.807) is 0 Å². The van der Waals surface area contributed by atoms with Crippen LogP contribution in [0.1, 0.15) is 74.7 Å². The number of unbranched alkanes of at least 4 members (excludes halogenated alkanes) is 1. The lowest BCUT2D eigenvalue weighted by atomic mass is 10.0. The molecule has 0 aliphatic rings. The number of hydrogen-bond donors (Lipinski definition) is 3. The molecule has 0 rings (SSSR count). The molecular formula is C17H37N3O. The number of hydrogen-bond acceptors (Lipinski definition) is 3. The Bertz CT molecular complexity index is 300. The molecule has 0 aliphatic carbocycles. The highest BCUT2D eigenvalue weighted by atomic mass is 16.2. The summed E-state index contributed by atoms with van der Waals surface area (Å²) in [5.41, 5.74) is -0.246. The van der Waals surface area contributed by atoms with E-state index in [1.165, 1.54) is 0 Å². The van der Waals surface area contributed by atoms with Crippen LogP contribution in [0.2, 0.25) is 0 Å². The second-order valence-corrected chi connectivity index (χ2v) is 8.29. The van der Waals surface area contributed by atoms with Crippen LogP contribution in [0.4, 0.5) is 0 Å². The van der Waals surface area contributed by atoms with Crippen LogP contribution in [0.5, 0.6) is 0 Å². The van der Waals surface area contributed by atoms with Crippen LogP contribution in [0.25, 0.3) is 0 Å². The molecule has 4 heteroatoms. The van der Waals surface area contributed by atoms with Gasteiger partial charge in [0.25, 0.3) is 0 Å². The van der Waals surface area contributed by atoms with Crippen LogP contribution >= 0.6 is 0 Å². The van der Waals surface area contributed by atoms with Crippen molar-refractivity contribution in [2.24, 2.45) is 0 Å². The summed E-state index contributed by atoms with van der Waals surface area (Å²) >= 11 is 0. The molecule has 1 unspecified atom stereocenters. The fourth-order valence-electron chi connectivity index (χ4n) is 2.11. The van der Waals surface area contributed by atoms with Crippen molar-refractivity contribution in [1.29, 1.82) is 0 Å². The van der Waals surface area contributed by atoms with Crippen molar-refractivity contribution >= 4 is 5.91 Å². The van der Waals surface area contributed by atoms with Crippen LogP contribution in [0.15, 0.2) is 0 Å². The predicted molar refractivity (Wildman–Crippen MR) is 91.6 cm³/mol. The smallest absolute Gasteiger partial charge is 0.237 e. The monoisotopic (exact) mass is 299 g/mol. The first kappa shape index (κ1) is 20.4. The normalized spacial score (nSPS) is 14.3. The van der Waals surface area contributed by atoms with E-state index in [9.17, 15) is 4.79 Å². The lowest BCUT2D eigenvalue weighted by Crippen LogP contribution is -2.55. The van der Waals surface area contributed by atoms with Gasteiger partial charge in [0.2, 0.25) is 5.91 Å². The second-order valence-electron chi connectivity index (χ2n) is 8.29. The topological polar surface area (TPSA) is 53.2 Å². The van der Waals surface area contributed by atoms with Gasteiger partial charge in [-0.1, -0.05) is 20.3 Å². The lowest BCUT2D eigenvalue weighted by Gasteiger charge is -2.31. The molecule has 0 aliphatic heterocycles. The van der Waals surface area contributed by atoms with Crippen LogP contribution in [0, 0.1) is 0 Å². The van der Waals surface area contributed by atoms with Gasteiger partial charge in [-0.3, -0.25) is 4.79 Å². The first-order valence-electron chi connectivity index (χ1n) is 8.24. The largest absolute Gasteiger partial charge is 0.350 e. The van der Waals surface area contributed by atoms with Crippen LogP contribution in [-0.4, -0.2) is 35.6 Å². The summed E-state index contributed by atoms with van der Waals surface area (Å²) in [7, 11) is 0. The number of carbonyl (C=O) groups excluding carboxylic acids is 1. The highest BCUT2D eigenvalue weighted by molar-refractivity contribution is 5.82. The van der Waals surface area contributed by atoms with E-state index in [-0.39, 0.29) is 23.0 Å². The summed E-state index contributed by atoms with van der Waals surface area (Å²) in [6.07, 6.45) is 3.02. The van der Waals surface area contributed by atoms with Crippen molar-refractivity contribution in [2.75, 3.05) is 6.54 Å². The molecule has 0 saturated heterocycles. The van der Waals surface area contributed by atoms with E-state index < -0.39 is 0 Å². The van der Waals surface area contributed by atoms with Crippen molar-refractivity contribution < 1.29 is 4.79 Å². The Hall–Kier alpha value is -0.610. The van der Waals surface area contributed by atoms with E-state index >= 15 is 0 Å². The van der Waals surface area contributed by atoms with Crippen molar-refractivity contribution in [1.82, 2.24) is 16.0 Å². The Kier molecular flexibility index (Phi) is 8.49. The second kappa shape index (κ2) is 8.74. The van der Waals surface area contributed by atoms with Crippen LogP contribution < -0.4 is 16.0 Å². The Morgan fingerprint density at radius 2 is 1.52 bits per heavy atom. The lowest BCUT2D eigenvalue weighted by molar-refractivity contribution is -0.125. The summed E-state index contributed by atoms with van der Waals surface area (Å²) in [6.45, 7) is 17.7. The van der Waals surface area contributed by atoms with Gasteiger partial charge in [-0.05, 0) is 60.9 Å². The molecule has 0 aromatic rings. The zero-order valence-electron chi connectivity index (χ0n) is 15.4. The minimum Gasteiger partial charge on any atom is -0.350 e. The van der Waals surface area contributed by atoms with Gasteiger partial charge in [0.05, 0.1) is 6.04 Å². The number of nitrogens with one attached hydrogen (secondary N) is 3. The molecule has 1 amide bonds. The molecule has 1 atom stereocenters. The summed E-state index contributed by atoms with van der Waals surface area (Å²) < 4.78 is 0. The van der Waals surface area contributed by atoms with Crippen LogP contribution in [-0.2, 0) is 4.79 Å². The zero-order chi connectivity index (χ0) is 16.7. The molecule has 0 spiro atoms. The van der Waals surface area contributed by atoms with Gasteiger partial charge in [-0.25, -0.2) is 0 Å². The van der Waals surface area contributed by atoms with Crippen molar-refractivity contribution in [3.05, 3.63) is 0 Å². The molecule has 0 fully saturated rings. The summed E-state index contributed by atoms with van der Waals surface area (Å²) in [5, 5.41) is 9.94. The summed E-state index contributed by atoms with van der Waals surface area (Å²) in [5.74, 6) is 0.106. The van der Waals surface area contributed by atoms with E-state index in [1.807, 2.05) is 20.8 Å². The van der Waals surface area contributed by atoms with Crippen molar-refractivity contribution in [2.45, 2.75) is 97.8 Å². The molecule has 0 aromatic carbocycles. The van der Waals surface area contributed by atoms with Gasteiger partial charge in [0, 0.05) is 17.1 Å². The average Bonchev–Trinajstić information content (AvgIpc) is 2.22. The molecule has 0 saturated carbocycles. The van der Waals surface area contributed by atoms with Gasteiger partial charge >= 0.3 is 0 Å². The number of amides is 1. The third kappa shape index (κ3) is 12.8. The summed E-state index contributed by atoms with van der Waals surface area (Å²) in [4.78, 5) is 12.4. The van der Waals surface area contributed by atoms with E-state index in [4.69, 9.17) is 0 Å². The number of carbonyl (C=O) groups is 1. The van der Waals surface area contributed by atoms with Crippen molar-refractivity contribution in [3.63, 3.8) is 0 Å². The molecule has 4 nitrogen and oxygen atoms in total. The third-order valence-electron chi connectivity index (χ3n) is 2.89. The van der Waals surface area contributed by atoms with E-state index in [0.29, 0.717) is 6.04 Å². The Morgan fingerprint density at radius 1 is 0.952 bits per heavy atom. The van der Waals surface area contributed by atoms with Gasteiger partial charge in [0.15, 0.2) is 0 Å². The Morgan fingerprint density at radius 3 is 1.95 bits per heavy atom. The van der Waals surface area contributed by atoms with Gasteiger partial charge in [-0.2, -0.15) is 0 Å². The maximum Gasteiger partial charge on any atom is 0.237 e. The first-order valence-corrected chi connectivity index (χ1v) is 8.24. The number of rotatable bonds is 8. The fourth-order valence-corrected chi connectivity index (χ4v) is 2.11. The minimum atomic E-state index is -0.186. The molecule has 126 valence electrons. The van der Waals surface area contributed by atoms with Gasteiger partial charge < -0.3 is 16.0 Å². The van der Waals surface area contributed by atoms with Gasteiger partial charge in [-0.15, -0.1) is 0 Å². The van der Waals surface area contributed by atoms with E-state index in [2.05, 4.69) is 50.6 Å². The highest BCUT2D eigenvalue weighted by Gasteiger charge is 2.25. The maximum atomic E-state index is 12.4. The Balaban J connectivity index is 4.37. The molecule has 21 heavy (non-hydrogen) atoms. The van der Waals surface area contributed by atoms with Crippen molar-refractivity contribution in [3.8, 4) is 0 Å². The highest BCUT2D eigenvalue weighted by Crippen LogP contribution is 2.09. The molecular weight excluding hydrogens is 262 g/mol. The quantitative estimate of drug-likeness (QED) is 0.604. The molecule has 0 aromatic heterocycles. The third-order valence-corrected chi connectivity index (χ3v) is 2.89. The van der Waals surface area contributed by atoms with Gasteiger partial charge in [0.1, 0.15) is 0 Å². The molecule has 0 bridgehead atoms. The maximum absolute atomic E-state index is 12.4. The molecule has 0 heterocycles. The molecule has 0 radical (unpaired) electrons. The standard InChI is InChI=1S/C17H37N3O/c1-13(2)18-12-10-9-11-14(19-16(3,4)5)15(21)20-17(6,7)8/h13-14,18-19H,9-12H2,1-8H3,(H,20,21). The first-order chi connectivity index (χ1) is 9.41. The van der Waals surface area contributed by atoms with Crippen LogP contribution in [0.3, 0.4) is 0 Å². The minimum absolute atomic E-state index is 0.0595. The fraction of sp³-hybridized carbons (Fsp3) is 0.941. The summed E-state index contributed by atoms with van der Waals surface area (Å²) in [6, 6.07) is 0.404. The zero-order valence-corrected chi connectivity index (χ0v) is 15.4. The predicted octanol–water partition coefficient (Wildman–Crippen LogP) is 2.83.